The Bertz CT molecular complexity index is 199. The van der Waals surface area contributed by atoms with Gasteiger partial charge in [-0.05, 0) is 11.5 Å². The Morgan fingerprint density at radius 1 is 1.00 bits per heavy atom. The van der Waals surface area contributed by atoms with Gasteiger partial charge in [-0.25, -0.2) is 0 Å². The first-order chi connectivity index (χ1) is 7.99. The van der Waals surface area contributed by atoms with Crippen LogP contribution in [0.1, 0.15) is 13.8 Å². The van der Waals surface area contributed by atoms with Crippen molar-refractivity contribution in [1.82, 2.24) is 0 Å². The van der Waals surface area contributed by atoms with Crippen LogP contribution in [0.4, 0.5) is 0 Å². The smallest absolute Gasteiger partial charge is 0.110 e. The zero-order valence-corrected chi connectivity index (χ0v) is 13.0. The van der Waals surface area contributed by atoms with E-state index in [4.69, 9.17) is 10.8 Å². The molecule has 6 N–H and O–H groups in total. The van der Waals surface area contributed by atoms with Gasteiger partial charge in [-0.15, -0.1) is 35.9 Å². The molecular formula is C10H24ClNO4S2. The molecule has 18 heavy (non-hydrogen) atoms. The van der Waals surface area contributed by atoms with Crippen molar-refractivity contribution in [2.45, 2.75) is 42.8 Å². The second-order valence-electron chi connectivity index (χ2n) is 3.59. The largest absolute Gasteiger partial charge is 0.394 e. The van der Waals surface area contributed by atoms with Crippen LogP contribution in [0.15, 0.2) is 0 Å². The average molecular weight is 322 g/mol. The lowest BCUT2D eigenvalue weighted by Gasteiger charge is -2.31. The van der Waals surface area contributed by atoms with Gasteiger partial charge in [0.05, 0.1) is 23.3 Å². The van der Waals surface area contributed by atoms with E-state index in [0.717, 1.165) is 11.5 Å². The van der Waals surface area contributed by atoms with Crippen molar-refractivity contribution in [2.75, 3.05) is 18.1 Å². The number of halogens is 1. The maximum atomic E-state index is 9.84. The fourth-order valence-corrected chi connectivity index (χ4v) is 3.95. The van der Waals surface area contributed by atoms with Crippen LogP contribution in [0.3, 0.4) is 0 Å². The van der Waals surface area contributed by atoms with Crippen LogP contribution in [-0.2, 0) is 0 Å². The molecule has 0 aromatic rings. The van der Waals surface area contributed by atoms with Gasteiger partial charge < -0.3 is 26.2 Å². The number of aliphatic hydroxyl groups excluding tert-OH is 4. The van der Waals surface area contributed by atoms with Gasteiger partial charge in [-0.1, -0.05) is 13.8 Å². The van der Waals surface area contributed by atoms with Crippen LogP contribution < -0.4 is 5.73 Å². The van der Waals surface area contributed by atoms with Gasteiger partial charge in [0.2, 0.25) is 0 Å². The third-order valence-corrected chi connectivity index (χ3v) is 5.07. The molecule has 0 amide bonds. The van der Waals surface area contributed by atoms with Crippen LogP contribution in [0, 0.1) is 0 Å². The molecule has 0 saturated carbocycles. The van der Waals surface area contributed by atoms with E-state index in [1.165, 1.54) is 0 Å². The summed E-state index contributed by atoms with van der Waals surface area (Å²) < 4.78 is -0.0412. The Morgan fingerprint density at radius 3 is 1.78 bits per heavy atom. The van der Waals surface area contributed by atoms with E-state index in [1.807, 2.05) is 13.8 Å². The number of aliphatic hydroxyl groups is 4. The quantitative estimate of drug-likeness (QED) is 0.369. The molecule has 0 aliphatic carbocycles. The molecule has 5 nitrogen and oxygen atoms in total. The predicted molar refractivity (Wildman–Crippen MR) is 80.4 cm³/mol. The van der Waals surface area contributed by atoms with Crippen LogP contribution in [-0.4, -0.2) is 67.5 Å². The molecule has 112 valence electrons. The summed E-state index contributed by atoms with van der Waals surface area (Å²) in [5, 5.41) is 37.4. The minimum absolute atomic E-state index is 0. The Balaban J connectivity index is 0. The highest BCUT2D eigenvalue weighted by atomic mass is 35.5. The Kier molecular flexibility index (Phi) is 13.6. The van der Waals surface area contributed by atoms with Crippen LogP contribution in [0.2, 0.25) is 0 Å². The highest BCUT2D eigenvalue weighted by Crippen LogP contribution is 2.28. The van der Waals surface area contributed by atoms with Crippen molar-refractivity contribution in [1.29, 1.82) is 0 Å². The molecule has 0 aromatic heterocycles. The summed E-state index contributed by atoms with van der Waals surface area (Å²) in [7, 11) is 0. The van der Waals surface area contributed by atoms with E-state index < -0.39 is 31.0 Å². The number of nitrogens with two attached hydrogens (primary N) is 1. The normalized spacial score (nSPS) is 18.0. The molecule has 0 radical (unpaired) electrons. The van der Waals surface area contributed by atoms with Gasteiger partial charge in [0.1, 0.15) is 12.2 Å². The summed E-state index contributed by atoms with van der Waals surface area (Å²) in [4.78, 5) is 0. The van der Waals surface area contributed by atoms with Gasteiger partial charge in [0.25, 0.3) is 0 Å². The molecule has 0 bridgehead atoms. The standard InChI is InChI=1S/C10H23NO4S2.ClH/c1-3-16-10(17-4-2)7(11)9(15)8(14)6(13)5-12;/h6-10,12-15H,3-5,11H2,1-2H3;1H. The Labute approximate surface area is 123 Å². The molecule has 0 fully saturated rings. The molecule has 0 rings (SSSR count). The summed E-state index contributed by atoms with van der Waals surface area (Å²) in [5.41, 5.74) is 5.88. The van der Waals surface area contributed by atoms with E-state index in [9.17, 15) is 15.3 Å². The van der Waals surface area contributed by atoms with E-state index in [2.05, 4.69) is 0 Å². The maximum Gasteiger partial charge on any atom is 0.110 e. The lowest BCUT2D eigenvalue weighted by molar-refractivity contribution is -0.0817. The number of thioether (sulfide) groups is 2. The van der Waals surface area contributed by atoms with E-state index in [0.29, 0.717) is 0 Å². The first kappa shape index (κ1) is 21.1. The molecule has 0 spiro atoms. The molecule has 4 atom stereocenters. The van der Waals surface area contributed by atoms with Crippen molar-refractivity contribution in [3.63, 3.8) is 0 Å². The summed E-state index contributed by atoms with van der Waals surface area (Å²) >= 11 is 3.19. The third kappa shape index (κ3) is 6.81. The highest BCUT2D eigenvalue weighted by Gasteiger charge is 2.33. The second-order valence-corrected chi connectivity index (χ2v) is 6.72. The van der Waals surface area contributed by atoms with Crippen molar-refractivity contribution in [2.24, 2.45) is 5.73 Å². The fourth-order valence-electron chi connectivity index (χ4n) is 1.32. The van der Waals surface area contributed by atoms with Crippen molar-refractivity contribution in [3.05, 3.63) is 0 Å². The van der Waals surface area contributed by atoms with E-state index >= 15 is 0 Å². The topological polar surface area (TPSA) is 107 Å². The minimum atomic E-state index is -1.42. The van der Waals surface area contributed by atoms with E-state index in [-0.39, 0.29) is 17.0 Å². The predicted octanol–water partition coefficient (Wildman–Crippen LogP) is -0.357. The van der Waals surface area contributed by atoms with Gasteiger partial charge in [-0.2, -0.15) is 0 Å². The molecule has 0 aliphatic rings. The monoisotopic (exact) mass is 321 g/mol. The van der Waals surface area contributed by atoms with Gasteiger partial charge in [0, 0.05) is 0 Å². The SMILES string of the molecule is CCSC(SCC)C(N)C(O)C(O)C(O)CO.Cl. The molecular weight excluding hydrogens is 298 g/mol. The summed E-state index contributed by atoms with van der Waals surface area (Å²) in [5.74, 6) is 1.72. The molecule has 0 heterocycles. The van der Waals surface area contributed by atoms with Crippen LogP contribution in [0.25, 0.3) is 0 Å². The summed E-state index contributed by atoms with van der Waals surface area (Å²) in [6, 6.07) is -0.652. The fraction of sp³-hybridized carbons (Fsp3) is 1.00. The lowest BCUT2D eigenvalue weighted by Crippen LogP contribution is -2.52. The van der Waals surface area contributed by atoms with Crippen molar-refractivity contribution >= 4 is 35.9 Å². The number of hydrogen-bond acceptors (Lipinski definition) is 7. The van der Waals surface area contributed by atoms with Crippen LogP contribution in [0.5, 0.6) is 0 Å². The van der Waals surface area contributed by atoms with Gasteiger partial charge in [-0.3, -0.25) is 0 Å². The first-order valence-corrected chi connectivity index (χ1v) is 7.73. The second kappa shape index (κ2) is 11.6. The Hall–Kier alpha value is 0.790. The first-order valence-electron chi connectivity index (χ1n) is 5.63. The third-order valence-electron chi connectivity index (χ3n) is 2.30. The summed E-state index contributed by atoms with van der Waals surface area (Å²) in [6.45, 7) is 3.38. The molecule has 8 heteroatoms. The van der Waals surface area contributed by atoms with Gasteiger partial charge in [0.15, 0.2) is 0 Å². The zero-order valence-electron chi connectivity index (χ0n) is 10.6. The number of hydrogen-bond donors (Lipinski definition) is 5. The molecule has 0 aliphatic heterocycles. The van der Waals surface area contributed by atoms with Crippen LogP contribution >= 0.6 is 35.9 Å². The molecule has 0 aromatic carbocycles. The van der Waals surface area contributed by atoms with Gasteiger partial charge >= 0.3 is 0 Å². The minimum Gasteiger partial charge on any atom is -0.394 e. The Morgan fingerprint density at radius 2 is 1.44 bits per heavy atom. The summed E-state index contributed by atoms with van der Waals surface area (Å²) in [6.07, 6.45) is -4.04. The maximum absolute atomic E-state index is 9.84. The highest BCUT2D eigenvalue weighted by molar-refractivity contribution is 8.17. The van der Waals surface area contributed by atoms with E-state index in [1.54, 1.807) is 23.5 Å². The van der Waals surface area contributed by atoms with Crippen molar-refractivity contribution < 1.29 is 20.4 Å². The lowest BCUT2D eigenvalue weighted by atomic mass is 10.0. The molecule has 4 unspecified atom stereocenters. The average Bonchev–Trinajstić information content (AvgIpc) is 2.34. The zero-order chi connectivity index (χ0) is 13.4. The molecule has 0 saturated heterocycles. The van der Waals surface area contributed by atoms with Crippen molar-refractivity contribution in [3.8, 4) is 0 Å². The number of rotatable bonds is 9.